The highest BCUT2D eigenvalue weighted by Crippen LogP contribution is 2.06. The van der Waals surface area contributed by atoms with Crippen molar-refractivity contribution >= 4 is 11.8 Å². The zero-order valence-electron chi connectivity index (χ0n) is 11.2. The third kappa shape index (κ3) is 3.14. The van der Waals surface area contributed by atoms with Crippen molar-refractivity contribution < 1.29 is 14.0 Å². The second-order valence-corrected chi connectivity index (χ2v) is 4.76. The van der Waals surface area contributed by atoms with Gasteiger partial charge in [-0.15, -0.1) is 0 Å². The molecular weight excluding hydrogens is 246 g/mol. The largest absolute Gasteiger partial charge is 0.459 e. The quantitative estimate of drug-likeness (QED) is 0.820. The smallest absolute Gasteiger partial charge is 0.287 e. The molecule has 2 atom stereocenters. The number of hydrogen-bond donors (Lipinski definition) is 2. The van der Waals surface area contributed by atoms with Crippen molar-refractivity contribution in [3.63, 3.8) is 0 Å². The van der Waals surface area contributed by atoms with Crippen molar-refractivity contribution in [2.45, 2.75) is 25.9 Å². The molecule has 2 rings (SSSR count). The molecule has 6 heteroatoms. The summed E-state index contributed by atoms with van der Waals surface area (Å²) in [5.41, 5.74) is 0. The Morgan fingerprint density at radius 2 is 2.37 bits per heavy atom. The zero-order chi connectivity index (χ0) is 13.8. The lowest BCUT2D eigenvalue weighted by Gasteiger charge is -2.35. The molecule has 0 spiro atoms. The highest BCUT2D eigenvalue weighted by molar-refractivity contribution is 5.95. The molecular formula is C13H19N3O3. The summed E-state index contributed by atoms with van der Waals surface area (Å²) in [6.07, 6.45) is 1.43. The SMILES string of the molecule is CC(NC(=O)c1ccco1)C(=O)N1CCNCC1C. The van der Waals surface area contributed by atoms with Crippen LogP contribution in [0.1, 0.15) is 24.4 Å². The normalized spacial score (nSPS) is 20.9. The van der Waals surface area contributed by atoms with E-state index in [9.17, 15) is 9.59 Å². The molecule has 1 aromatic heterocycles. The average molecular weight is 265 g/mol. The molecule has 0 radical (unpaired) electrons. The maximum absolute atomic E-state index is 12.3. The maximum Gasteiger partial charge on any atom is 0.287 e. The first-order valence-corrected chi connectivity index (χ1v) is 6.45. The van der Waals surface area contributed by atoms with Crippen molar-refractivity contribution in [3.05, 3.63) is 24.2 Å². The van der Waals surface area contributed by atoms with E-state index in [1.165, 1.54) is 6.26 Å². The van der Waals surface area contributed by atoms with Crippen LogP contribution >= 0.6 is 0 Å². The van der Waals surface area contributed by atoms with Gasteiger partial charge in [0.1, 0.15) is 6.04 Å². The molecule has 1 aliphatic heterocycles. The molecule has 0 saturated carbocycles. The predicted molar refractivity (Wildman–Crippen MR) is 69.7 cm³/mol. The average Bonchev–Trinajstić information content (AvgIpc) is 2.92. The fraction of sp³-hybridized carbons (Fsp3) is 0.538. The van der Waals surface area contributed by atoms with E-state index in [-0.39, 0.29) is 23.6 Å². The topological polar surface area (TPSA) is 74.6 Å². The summed E-state index contributed by atoms with van der Waals surface area (Å²) >= 11 is 0. The van der Waals surface area contributed by atoms with Gasteiger partial charge < -0.3 is 20.0 Å². The third-order valence-electron chi connectivity index (χ3n) is 3.25. The summed E-state index contributed by atoms with van der Waals surface area (Å²) in [5.74, 6) is -0.212. The second-order valence-electron chi connectivity index (χ2n) is 4.76. The van der Waals surface area contributed by atoms with Gasteiger partial charge in [-0.2, -0.15) is 0 Å². The van der Waals surface area contributed by atoms with E-state index < -0.39 is 6.04 Å². The van der Waals surface area contributed by atoms with E-state index in [2.05, 4.69) is 10.6 Å². The van der Waals surface area contributed by atoms with Gasteiger partial charge in [-0.25, -0.2) is 0 Å². The fourth-order valence-electron chi connectivity index (χ4n) is 2.15. The minimum absolute atomic E-state index is 0.0612. The van der Waals surface area contributed by atoms with Crippen LogP contribution < -0.4 is 10.6 Å². The Morgan fingerprint density at radius 3 is 3.00 bits per heavy atom. The first-order chi connectivity index (χ1) is 9.09. The van der Waals surface area contributed by atoms with E-state index in [0.717, 1.165) is 13.1 Å². The van der Waals surface area contributed by atoms with Crippen molar-refractivity contribution in [2.24, 2.45) is 0 Å². The summed E-state index contributed by atoms with van der Waals surface area (Å²) < 4.78 is 5.00. The lowest BCUT2D eigenvalue weighted by Crippen LogP contribution is -2.57. The Hall–Kier alpha value is -1.82. The van der Waals surface area contributed by atoms with Crippen molar-refractivity contribution in [1.82, 2.24) is 15.5 Å². The van der Waals surface area contributed by atoms with E-state index >= 15 is 0 Å². The minimum atomic E-state index is -0.557. The molecule has 1 saturated heterocycles. The molecule has 0 aromatic carbocycles. The Balaban J connectivity index is 1.93. The number of carbonyl (C=O) groups is 2. The van der Waals surface area contributed by atoms with Crippen LogP contribution in [0.2, 0.25) is 0 Å². The summed E-state index contributed by atoms with van der Waals surface area (Å²) in [4.78, 5) is 25.9. The first-order valence-electron chi connectivity index (χ1n) is 6.45. The van der Waals surface area contributed by atoms with Crippen LogP contribution in [-0.2, 0) is 4.79 Å². The molecule has 2 N–H and O–H groups in total. The van der Waals surface area contributed by atoms with E-state index in [1.807, 2.05) is 6.92 Å². The Labute approximate surface area is 112 Å². The minimum Gasteiger partial charge on any atom is -0.459 e. The lowest BCUT2D eigenvalue weighted by atomic mass is 10.1. The molecule has 2 unspecified atom stereocenters. The van der Waals surface area contributed by atoms with Crippen LogP contribution in [0.3, 0.4) is 0 Å². The van der Waals surface area contributed by atoms with Gasteiger partial charge in [0, 0.05) is 25.7 Å². The molecule has 0 bridgehead atoms. The van der Waals surface area contributed by atoms with Crippen LogP contribution in [0.15, 0.2) is 22.8 Å². The summed E-state index contributed by atoms with van der Waals surface area (Å²) in [6, 6.07) is 2.79. The van der Waals surface area contributed by atoms with Crippen LogP contribution in [0.25, 0.3) is 0 Å². The molecule has 1 fully saturated rings. The number of carbonyl (C=O) groups excluding carboxylic acids is 2. The second kappa shape index (κ2) is 5.88. The lowest BCUT2D eigenvalue weighted by molar-refractivity contribution is -0.135. The number of rotatable bonds is 3. The number of amides is 2. The van der Waals surface area contributed by atoms with E-state index in [1.54, 1.807) is 24.0 Å². The molecule has 1 aliphatic rings. The Bertz CT molecular complexity index is 444. The van der Waals surface area contributed by atoms with Crippen molar-refractivity contribution in [1.29, 1.82) is 0 Å². The molecule has 19 heavy (non-hydrogen) atoms. The summed E-state index contributed by atoms with van der Waals surface area (Å²) in [7, 11) is 0. The van der Waals surface area contributed by atoms with Gasteiger partial charge in [0.15, 0.2) is 5.76 Å². The van der Waals surface area contributed by atoms with Gasteiger partial charge in [-0.3, -0.25) is 9.59 Å². The van der Waals surface area contributed by atoms with Gasteiger partial charge >= 0.3 is 0 Å². The summed E-state index contributed by atoms with van der Waals surface area (Å²) in [5, 5.41) is 5.88. The number of nitrogens with zero attached hydrogens (tertiary/aromatic N) is 1. The van der Waals surface area contributed by atoms with Crippen LogP contribution in [0.5, 0.6) is 0 Å². The Kier molecular flexibility index (Phi) is 4.21. The van der Waals surface area contributed by atoms with Gasteiger partial charge in [0.2, 0.25) is 5.91 Å². The fourth-order valence-corrected chi connectivity index (χ4v) is 2.15. The standard InChI is InChI=1S/C13H19N3O3/c1-9-8-14-5-6-16(9)13(18)10(2)15-12(17)11-4-3-7-19-11/h3-4,7,9-10,14H,5-6,8H2,1-2H3,(H,15,17). The monoisotopic (exact) mass is 265 g/mol. The molecule has 2 heterocycles. The zero-order valence-corrected chi connectivity index (χ0v) is 11.2. The highest BCUT2D eigenvalue weighted by atomic mass is 16.3. The van der Waals surface area contributed by atoms with Gasteiger partial charge in [-0.1, -0.05) is 0 Å². The number of nitrogens with one attached hydrogen (secondary N) is 2. The number of furan rings is 1. The van der Waals surface area contributed by atoms with Gasteiger partial charge in [0.25, 0.3) is 5.91 Å². The maximum atomic E-state index is 12.3. The highest BCUT2D eigenvalue weighted by Gasteiger charge is 2.28. The van der Waals surface area contributed by atoms with Gasteiger partial charge in [-0.05, 0) is 26.0 Å². The third-order valence-corrected chi connectivity index (χ3v) is 3.25. The molecule has 0 aliphatic carbocycles. The van der Waals surface area contributed by atoms with Crippen molar-refractivity contribution in [3.8, 4) is 0 Å². The van der Waals surface area contributed by atoms with Crippen LogP contribution in [0.4, 0.5) is 0 Å². The number of hydrogen-bond acceptors (Lipinski definition) is 4. The van der Waals surface area contributed by atoms with Crippen molar-refractivity contribution in [2.75, 3.05) is 19.6 Å². The summed E-state index contributed by atoms with van der Waals surface area (Å²) in [6.45, 7) is 5.92. The molecule has 2 amide bonds. The van der Waals surface area contributed by atoms with Gasteiger partial charge in [0.05, 0.1) is 6.26 Å². The van der Waals surface area contributed by atoms with E-state index in [0.29, 0.717) is 6.54 Å². The number of piperazine rings is 1. The van der Waals surface area contributed by atoms with Crippen LogP contribution in [0, 0.1) is 0 Å². The molecule has 1 aromatic rings. The van der Waals surface area contributed by atoms with Crippen LogP contribution in [-0.4, -0.2) is 48.4 Å². The predicted octanol–water partition coefficient (Wildman–Crippen LogP) is 0.218. The van der Waals surface area contributed by atoms with E-state index in [4.69, 9.17) is 4.42 Å². The molecule has 6 nitrogen and oxygen atoms in total. The Morgan fingerprint density at radius 1 is 1.58 bits per heavy atom. The molecule has 104 valence electrons. The first kappa shape index (κ1) is 13.6.